The summed E-state index contributed by atoms with van der Waals surface area (Å²) >= 11 is 0. The predicted molar refractivity (Wildman–Crippen MR) is 92.1 cm³/mol. The van der Waals surface area contributed by atoms with Gasteiger partial charge in [-0.3, -0.25) is 9.78 Å². The van der Waals surface area contributed by atoms with E-state index >= 15 is 0 Å². The van der Waals surface area contributed by atoms with Gasteiger partial charge in [-0.05, 0) is 23.8 Å². The lowest BCUT2D eigenvalue weighted by Crippen LogP contribution is -2.19. The molecule has 24 heavy (non-hydrogen) atoms. The second-order valence-corrected chi connectivity index (χ2v) is 11.2. The van der Waals surface area contributed by atoms with Crippen molar-refractivity contribution in [3.63, 3.8) is 0 Å². The topological polar surface area (TPSA) is 56.0 Å². The number of benzene rings is 1. The smallest absolute Gasteiger partial charge is 0.251 e. The van der Waals surface area contributed by atoms with E-state index in [0.717, 1.165) is 12.1 Å². The molecule has 0 atom stereocenters. The monoisotopic (exact) mass is 344 g/mol. The van der Waals surface area contributed by atoms with E-state index in [1.807, 2.05) is 0 Å². The molecular formula is C18H18F2N2OSi. The molecule has 2 N–H and O–H groups in total. The molecule has 124 valence electrons. The van der Waals surface area contributed by atoms with Crippen molar-refractivity contribution in [2.45, 2.75) is 26.1 Å². The molecule has 0 aliphatic heterocycles. The first-order valence-electron chi connectivity index (χ1n) is 7.42. The fourth-order valence-corrected chi connectivity index (χ4v) is 2.63. The molecule has 1 heterocycles. The number of hydrogen-bond acceptors (Lipinski definition) is 2. The molecule has 2 aromatic rings. The van der Waals surface area contributed by atoms with E-state index in [1.165, 1.54) is 12.3 Å². The number of halogens is 2. The summed E-state index contributed by atoms with van der Waals surface area (Å²) in [5.41, 5.74) is 10.3. The van der Waals surface area contributed by atoms with E-state index < -0.39 is 25.6 Å². The van der Waals surface area contributed by atoms with Gasteiger partial charge in [-0.1, -0.05) is 31.6 Å². The second-order valence-electron chi connectivity index (χ2n) is 6.47. The Morgan fingerprint density at radius 2 is 1.92 bits per heavy atom. The molecule has 0 bridgehead atoms. The van der Waals surface area contributed by atoms with Crippen LogP contribution in [-0.4, -0.2) is 19.0 Å². The Kier molecular flexibility index (Phi) is 5.15. The van der Waals surface area contributed by atoms with E-state index in [1.54, 1.807) is 6.07 Å². The lowest BCUT2D eigenvalue weighted by atomic mass is 10.0. The Morgan fingerprint density at radius 1 is 1.21 bits per heavy atom. The predicted octanol–water partition coefficient (Wildman–Crippen LogP) is 3.28. The minimum atomic E-state index is -1.63. The Hall–Kier alpha value is -2.52. The normalized spacial score (nSPS) is 10.9. The van der Waals surface area contributed by atoms with Gasteiger partial charge in [0.2, 0.25) is 0 Å². The Bertz CT molecular complexity index is 848. The minimum Gasteiger partial charge on any atom is -0.366 e. The third-order valence-electron chi connectivity index (χ3n) is 3.20. The first-order valence-corrected chi connectivity index (χ1v) is 10.9. The molecular weight excluding hydrogens is 326 g/mol. The standard InChI is InChI=1S/C18H18F2N2OSi/c1-24(2,3)9-7-13-6-8-22-16(17(13)18(21)23)11-12-4-5-14(19)15(20)10-12/h4-6,8,10H,11H2,1-3H3,(H2,21,23). The van der Waals surface area contributed by atoms with Crippen molar-refractivity contribution in [2.24, 2.45) is 5.73 Å². The van der Waals surface area contributed by atoms with Gasteiger partial charge in [0.15, 0.2) is 11.6 Å². The number of aromatic nitrogens is 1. The highest BCUT2D eigenvalue weighted by molar-refractivity contribution is 6.83. The number of primary amides is 1. The molecule has 1 aromatic carbocycles. The molecule has 0 spiro atoms. The second kappa shape index (κ2) is 6.93. The maximum atomic E-state index is 13.4. The van der Waals surface area contributed by atoms with Crippen LogP contribution in [0.5, 0.6) is 0 Å². The lowest BCUT2D eigenvalue weighted by molar-refractivity contribution is 0.0999. The van der Waals surface area contributed by atoms with Crippen LogP contribution in [0, 0.1) is 23.1 Å². The van der Waals surface area contributed by atoms with Crippen LogP contribution in [0.2, 0.25) is 19.6 Å². The average Bonchev–Trinajstić information content (AvgIpc) is 2.48. The first-order chi connectivity index (χ1) is 11.2. The van der Waals surface area contributed by atoms with E-state index in [0.29, 0.717) is 16.8 Å². The van der Waals surface area contributed by atoms with Gasteiger partial charge < -0.3 is 5.73 Å². The summed E-state index contributed by atoms with van der Waals surface area (Å²) in [7, 11) is -1.63. The van der Waals surface area contributed by atoms with Gasteiger partial charge in [-0.15, -0.1) is 5.54 Å². The molecule has 0 saturated carbocycles. The fourth-order valence-electron chi connectivity index (χ4n) is 2.12. The van der Waals surface area contributed by atoms with E-state index in [-0.39, 0.29) is 12.0 Å². The molecule has 0 unspecified atom stereocenters. The molecule has 0 radical (unpaired) electrons. The lowest BCUT2D eigenvalue weighted by Gasteiger charge is -2.09. The van der Waals surface area contributed by atoms with E-state index in [4.69, 9.17) is 5.73 Å². The zero-order valence-electron chi connectivity index (χ0n) is 13.8. The van der Waals surface area contributed by atoms with Crippen molar-refractivity contribution in [2.75, 3.05) is 0 Å². The van der Waals surface area contributed by atoms with E-state index in [9.17, 15) is 13.6 Å². The number of pyridine rings is 1. The van der Waals surface area contributed by atoms with Crippen LogP contribution in [0.1, 0.15) is 27.2 Å². The Balaban J connectivity index is 2.48. The van der Waals surface area contributed by atoms with Crippen LogP contribution >= 0.6 is 0 Å². The summed E-state index contributed by atoms with van der Waals surface area (Å²) in [6, 6.07) is 5.22. The number of rotatable bonds is 3. The van der Waals surface area contributed by atoms with Crippen LogP contribution in [0.4, 0.5) is 8.78 Å². The molecule has 1 amide bonds. The molecule has 0 aliphatic carbocycles. The molecule has 0 aliphatic rings. The molecule has 2 rings (SSSR count). The SMILES string of the molecule is C[Si](C)(C)C#Cc1ccnc(Cc2ccc(F)c(F)c2)c1C(N)=O. The summed E-state index contributed by atoms with van der Waals surface area (Å²) in [5.74, 6) is 0.518. The Morgan fingerprint density at radius 3 is 2.50 bits per heavy atom. The van der Waals surface area contributed by atoms with Crippen LogP contribution < -0.4 is 5.73 Å². The largest absolute Gasteiger partial charge is 0.366 e. The number of carbonyl (C=O) groups excluding carboxylic acids is 1. The molecule has 1 aromatic heterocycles. The number of carbonyl (C=O) groups is 1. The van der Waals surface area contributed by atoms with Gasteiger partial charge in [0.05, 0.1) is 11.3 Å². The zero-order chi connectivity index (χ0) is 17.9. The quantitative estimate of drug-likeness (QED) is 0.686. The maximum absolute atomic E-state index is 13.4. The number of hydrogen-bond donors (Lipinski definition) is 1. The maximum Gasteiger partial charge on any atom is 0.251 e. The Labute approximate surface area is 140 Å². The molecule has 0 saturated heterocycles. The van der Waals surface area contributed by atoms with Crippen molar-refractivity contribution in [3.05, 3.63) is 64.5 Å². The van der Waals surface area contributed by atoms with Crippen molar-refractivity contribution in [3.8, 4) is 11.5 Å². The van der Waals surface area contributed by atoms with Gasteiger partial charge in [-0.25, -0.2) is 8.78 Å². The van der Waals surface area contributed by atoms with Crippen molar-refractivity contribution in [1.82, 2.24) is 4.98 Å². The van der Waals surface area contributed by atoms with Crippen LogP contribution in [0.25, 0.3) is 0 Å². The van der Waals surface area contributed by atoms with Crippen LogP contribution in [-0.2, 0) is 6.42 Å². The third kappa shape index (κ3) is 4.49. The summed E-state index contributed by atoms with van der Waals surface area (Å²) in [6.07, 6.45) is 1.70. The van der Waals surface area contributed by atoms with Crippen molar-refractivity contribution >= 4 is 14.0 Å². The van der Waals surface area contributed by atoms with E-state index in [2.05, 4.69) is 36.1 Å². The van der Waals surface area contributed by atoms with Crippen molar-refractivity contribution in [1.29, 1.82) is 0 Å². The van der Waals surface area contributed by atoms with Crippen LogP contribution in [0.15, 0.2) is 30.5 Å². The zero-order valence-corrected chi connectivity index (χ0v) is 14.8. The summed E-state index contributed by atoms with van der Waals surface area (Å²) in [6.45, 7) is 6.27. The highest BCUT2D eigenvalue weighted by atomic mass is 28.3. The van der Waals surface area contributed by atoms with Gasteiger partial charge in [-0.2, -0.15) is 0 Å². The highest BCUT2D eigenvalue weighted by Gasteiger charge is 2.16. The van der Waals surface area contributed by atoms with Gasteiger partial charge in [0, 0.05) is 18.2 Å². The number of amides is 1. The fraction of sp³-hybridized carbons (Fsp3) is 0.222. The van der Waals surface area contributed by atoms with Crippen LogP contribution in [0.3, 0.4) is 0 Å². The minimum absolute atomic E-state index is 0.165. The number of nitrogens with two attached hydrogens (primary N) is 1. The molecule has 0 fully saturated rings. The number of nitrogens with zero attached hydrogens (tertiary/aromatic N) is 1. The summed E-state index contributed by atoms with van der Waals surface area (Å²) in [4.78, 5) is 16.0. The van der Waals surface area contributed by atoms with Crippen molar-refractivity contribution < 1.29 is 13.6 Å². The van der Waals surface area contributed by atoms with Gasteiger partial charge in [0.25, 0.3) is 5.91 Å². The summed E-state index contributed by atoms with van der Waals surface area (Å²) < 4.78 is 26.4. The van der Waals surface area contributed by atoms with Gasteiger partial charge >= 0.3 is 0 Å². The van der Waals surface area contributed by atoms with Gasteiger partial charge in [0.1, 0.15) is 8.07 Å². The highest BCUT2D eigenvalue weighted by Crippen LogP contribution is 2.17. The molecule has 6 heteroatoms. The average molecular weight is 344 g/mol. The third-order valence-corrected chi connectivity index (χ3v) is 4.08. The molecule has 3 nitrogen and oxygen atoms in total. The first kappa shape index (κ1) is 17.8. The summed E-state index contributed by atoms with van der Waals surface area (Å²) in [5, 5.41) is 0.